The van der Waals surface area contributed by atoms with Crippen LogP contribution in [0.5, 0.6) is 0 Å². The van der Waals surface area contributed by atoms with Crippen LogP contribution in [0.15, 0.2) is 142 Å². The summed E-state index contributed by atoms with van der Waals surface area (Å²) in [7, 11) is 0. The van der Waals surface area contributed by atoms with Gasteiger partial charge in [-0.3, -0.25) is 0 Å². The van der Waals surface area contributed by atoms with Crippen LogP contribution in [0.1, 0.15) is 107 Å². The molecule has 2 heteroatoms. The van der Waals surface area contributed by atoms with Crippen molar-refractivity contribution in [3.63, 3.8) is 0 Å². The first-order chi connectivity index (χ1) is 28.2. The molecular weight excluding hydrogens is 693 g/mol. The number of hydrogen-bond donors (Lipinski definition) is 0. The molecule has 2 aliphatic carbocycles. The topological polar surface area (TPSA) is 26.3 Å². The summed E-state index contributed by atoms with van der Waals surface area (Å²) in [4.78, 5) is 0. The van der Waals surface area contributed by atoms with Crippen LogP contribution in [-0.2, 0) is 0 Å². The number of furan rings is 2. The van der Waals surface area contributed by atoms with Gasteiger partial charge < -0.3 is 8.83 Å². The molecule has 2 aromatic heterocycles. The highest BCUT2D eigenvalue weighted by molar-refractivity contribution is 6.24. The zero-order chi connectivity index (χ0) is 38.3. The second-order valence-electron chi connectivity index (χ2n) is 17.2. The van der Waals surface area contributed by atoms with Crippen LogP contribution in [0, 0.1) is 11.8 Å². The third-order valence-corrected chi connectivity index (χ3v) is 13.7. The zero-order valence-corrected chi connectivity index (χ0v) is 33.6. The lowest BCUT2D eigenvalue weighted by Gasteiger charge is -2.28. The van der Waals surface area contributed by atoms with Crippen LogP contribution in [0.4, 0.5) is 0 Å². The lowest BCUT2D eigenvalue weighted by atomic mass is 9.77. The number of hydrogen-bond acceptors (Lipinski definition) is 2. The predicted molar refractivity (Wildman–Crippen MR) is 240 cm³/mol. The molecule has 2 heterocycles. The largest absolute Gasteiger partial charge is 0.455 e. The summed E-state index contributed by atoms with van der Waals surface area (Å²) >= 11 is 0. The van der Waals surface area contributed by atoms with Crippen molar-refractivity contribution in [3.05, 3.63) is 145 Å². The van der Waals surface area contributed by atoms with Crippen molar-refractivity contribution in [2.24, 2.45) is 11.8 Å². The molecule has 0 aliphatic heterocycles. The maximum absolute atomic E-state index is 6.93. The summed E-state index contributed by atoms with van der Waals surface area (Å²) in [6.07, 6.45) is 14.6. The van der Waals surface area contributed by atoms with Crippen LogP contribution >= 0.6 is 0 Å². The molecule has 10 rings (SSSR count). The van der Waals surface area contributed by atoms with Crippen molar-refractivity contribution in [2.45, 2.75) is 96.3 Å². The normalized spacial score (nSPS) is 19.9. The average molecular weight is 747 g/mol. The van der Waals surface area contributed by atoms with Gasteiger partial charge in [0.1, 0.15) is 22.7 Å². The molecule has 0 amide bonds. The van der Waals surface area contributed by atoms with Crippen LogP contribution < -0.4 is 0 Å². The molecule has 2 atom stereocenters. The van der Waals surface area contributed by atoms with Crippen LogP contribution in [0.2, 0.25) is 0 Å². The molecule has 286 valence electrons. The molecule has 2 nitrogen and oxygen atoms in total. The van der Waals surface area contributed by atoms with Crippen molar-refractivity contribution in [3.8, 4) is 44.9 Å². The van der Waals surface area contributed by atoms with E-state index in [1.807, 2.05) is 0 Å². The smallest absolute Gasteiger partial charge is 0.143 e. The van der Waals surface area contributed by atoms with Gasteiger partial charge in [-0.25, -0.2) is 0 Å². The van der Waals surface area contributed by atoms with Crippen LogP contribution in [0.25, 0.3) is 77.6 Å². The molecule has 2 unspecified atom stereocenters. The van der Waals surface area contributed by atoms with Gasteiger partial charge in [0.2, 0.25) is 0 Å². The Balaban J connectivity index is 1.10. The summed E-state index contributed by atoms with van der Waals surface area (Å²) in [6.45, 7) is 4.64. The summed E-state index contributed by atoms with van der Waals surface area (Å²) in [5.74, 6) is 4.97. The van der Waals surface area contributed by atoms with Gasteiger partial charge in [0.25, 0.3) is 0 Å². The van der Waals surface area contributed by atoms with Gasteiger partial charge in [0.15, 0.2) is 0 Å². The van der Waals surface area contributed by atoms with Crippen LogP contribution in [-0.4, -0.2) is 0 Å². The zero-order valence-electron chi connectivity index (χ0n) is 33.6. The third kappa shape index (κ3) is 6.71. The first-order valence-electron chi connectivity index (χ1n) is 21.9. The molecule has 2 saturated carbocycles. The summed E-state index contributed by atoms with van der Waals surface area (Å²) in [6, 6.07) is 49.1. The molecule has 57 heavy (non-hydrogen) atoms. The fourth-order valence-corrected chi connectivity index (χ4v) is 10.8. The molecule has 2 aliphatic rings. The van der Waals surface area contributed by atoms with Gasteiger partial charge in [-0.15, -0.1) is 0 Å². The Kier molecular flexibility index (Phi) is 9.82. The third-order valence-electron chi connectivity index (χ3n) is 13.7. The first kappa shape index (κ1) is 36.0. The SMILES string of the molecule is CCCC1CCC(c2ccc(-c3oc4ccc5c(ccc6oc(-c7ccc(C8CCC(CCC)C8)cc7)c(-c7ccccc7)c65)c4c3-c3ccccc3)cc2)CC1. The molecule has 8 aromatic rings. The van der Waals surface area contributed by atoms with Crippen molar-refractivity contribution in [1.29, 1.82) is 0 Å². The summed E-state index contributed by atoms with van der Waals surface area (Å²) < 4.78 is 13.8. The van der Waals surface area contributed by atoms with Crippen molar-refractivity contribution in [1.82, 2.24) is 0 Å². The molecule has 0 bridgehead atoms. The minimum Gasteiger partial charge on any atom is -0.455 e. The highest BCUT2D eigenvalue weighted by Gasteiger charge is 2.28. The van der Waals surface area contributed by atoms with Gasteiger partial charge in [-0.2, -0.15) is 0 Å². The van der Waals surface area contributed by atoms with E-state index in [1.165, 1.54) is 92.5 Å². The highest BCUT2D eigenvalue weighted by atomic mass is 16.3. The minimum atomic E-state index is 0.657. The molecule has 0 radical (unpaired) electrons. The molecule has 2 fully saturated rings. The van der Waals surface area contributed by atoms with E-state index in [9.17, 15) is 0 Å². The Morgan fingerprint density at radius 2 is 0.860 bits per heavy atom. The maximum atomic E-state index is 6.93. The van der Waals surface area contributed by atoms with E-state index in [4.69, 9.17) is 8.83 Å². The van der Waals surface area contributed by atoms with E-state index >= 15 is 0 Å². The highest BCUT2D eigenvalue weighted by Crippen LogP contribution is 2.49. The van der Waals surface area contributed by atoms with Gasteiger partial charge in [0.05, 0.1) is 0 Å². The fraction of sp³-hybridized carbons (Fsp3) is 0.309. The van der Waals surface area contributed by atoms with Gasteiger partial charge >= 0.3 is 0 Å². The lowest BCUT2D eigenvalue weighted by Crippen LogP contribution is -2.13. The van der Waals surface area contributed by atoms with Crippen LogP contribution in [0.3, 0.4) is 0 Å². The Labute approximate surface area is 337 Å². The Hall–Kier alpha value is -5.34. The molecule has 0 saturated heterocycles. The quantitative estimate of drug-likeness (QED) is 0.139. The van der Waals surface area contributed by atoms with E-state index in [2.05, 4.69) is 147 Å². The number of fused-ring (bicyclic) bond motifs is 5. The van der Waals surface area contributed by atoms with Crippen molar-refractivity contribution in [2.75, 3.05) is 0 Å². The number of rotatable bonds is 10. The molecule has 0 spiro atoms. The van der Waals surface area contributed by atoms with Crippen molar-refractivity contribution < 1.29 is 8.83 Å². The van der Waals surface area contributed by atoms with Gasteiger partial charge in [0, 0.05) is 33.0 Å². The van der Waals surface area contributed by atoms with Gasteiger partial charge in [-0.05, 0) is 126 Å². The standard InChI is InChI=1S/C55H54O2/c1-3-11-36-17-20-38(21-18-36)39-23-27-43(28-24-39)54-50(41-13-7-5-8-14-41)52-46-32-34-49-53(47(46)31-33-48(52)56-54)51(42-15-9-6-10-16-42)55(57-49)44-29-25-40(26-30-44)45-22-19-37(35-45)12-4-2/h5-10,13-16,23-34,36-38,45H,3-4,11-12,17-22,35H2,1-2H3. The Morgan fingerprint density at radius 1 is 0.421 bits per heavy atom. The van der Waals surface area contributed by atoms with E-state index in [0.717, 1.165) is 78.7 Å². The molecular formula is C55H54O2. The second-order valence-corrected chi connectivity index (χ2v) is 17.2. The van der Waals surface area contributed by atoms with E-state index in [-0.39, 0.29) is 0 Å². The maximum Gasteiger partial charge on any atom is 0.143 e. The summed E-state index contributed by atoms with van der Waals surface area (Å²) in [5, 5.41) is 4.66. The Bertz CT molecular complexity index is 2620. The summed E-state index contributed by atoms with van der Waals surface area (Å²) in [5.41, 5.74) is 11.6. The average Bonchev–Trinajstić information content (AvgIpc) is 4.01. The monoisotopic (exact) mass is 746 g/mol. The lowest BCUT2D eigenvalue weighted by molar-refractivity contribution is 0.308. The van der Waals surface area contributed by atoms with Crippen molar-refractivity contribution >= 4 is 32.7 Å². The van der Waals surface area contributed by atoms with Gasteiger partial charge in [-0.1, -0.05) is 149 Å². The molecule has 0 N–H and O–H groups in total. The second kappa shape index (κ2) is 15.5. The molecule has 6 aromatic carbocycles. The predicted octanol–water partition coefficient (Wildman–Crippen LogP) is 16.8. The minimum absolute atomic E-state index is 0.657. The van der Waals surface area contributed by atoms with E-state index < -0.39 is 0 Å². The Morgan fingerprint density at radius 3 is 1.35 bits per heavy atom. The van der Waals surface area contributed by atoms with E-state index in [0.29, 0.717) is 11.8 Å². The fourth-order valence-electron chi connectivity index (χ4n) is 10.8. The first-order valence-corrected chi connectivity index (χ1v) is 21.9. The number of benzene rings is 6. The van der Waals surface area contributed by atoms with E-state index in [1.54, 1.807) is 0 Å².